The van der Waals surface area contributed by atoms with Gasteiger partial charge in [-0.2, -0.15) is 18.0 Å². The molecule has 9 nitrogen and oxygen atoms in total. The van der Waals surface area contributed by atoms with Crippen LogP contribution in [0.1, 0.15) is 57.9 Å². The van der Waals surface area contributed by atoms with Crippen molar-refractivity contribution in [2.45, 2.75) is 75.6 Å². The second-order valence-corrected chi connectivity index (χ2v) is 12.4. The van der Waals surface area contributed by atoms with E-state index in [0.717, 1.165) is 25.9 Å². The van der Waals surface area contributed by atoms with Gasteiger partial charge in [-0.1, -0.05) is 30.3 Å². The lowest BCUT2D eigenvalue weighted by Crippen LogP contribution is -2.73. The van der Waals surface area contributed by atoms with Crippen LogP contribution in [0.5, 0.6) is 0 Å². The van der Waals surface area contributed by atoms with Gasteiger partial charge in [0.15, 0.2) is 0 Å². The van der Waals surface area contributed by atoms with Crippen molar-refractivity contribution < 1.29 is 17.9 Å². The highest BCUT2D eigenvalue weighted by Gasteiger charge is 2.53. The van der Waals surface area contributed by atoms with Crippen LogP contribution in [0, 0.1) is 11.3 Å². The molecule has 10 heteroatoms. The van der Waals surface area contributed by atoms with E-state index in [9.17, 15) is 18.5 Å². The first-order valence-corrected chi connectivity index (χ1v) is 13.4. The number of nitrogens with zero attached hydrogens (tertiary/aromatic N) is 3. The molecule has 1 saturated carbocycles. The van der Waals surface area contributed by atoms with Gasteiger partial charge in [-0.05, 0) is 45.6 Å². The van der Waals surface area contributed by atoms with Gasteiger partial charge in [0.2, 0.25) is 0 Å². The number of piperidine rings is 1. The van der Waals surface area contributed by atoms with E-state index < -0.39 is 27.4 Å². The van der Waals surface area contributed by atoms with Crippen molar-refractivity contribution in [3.63, 3.8) is 0 Å². The first-order chi connectivity index (χ1) is 16.0. The summed E-state index contributed by atoms with van der Waals surface area (Å²) in [5, 5.41) is 13.2. The molecule has 2 saturated heterocycles. The summed E-state index contributed by atoms with van der Waals surface area (Å²) in [4.78, 5) is 14.2. The monoisotopic (exact) mass is 489 g/mol. The molecule has 1 aromatic rings. The predicted molar refractivity (Wildman–Crippen MR) is 128 cm³/mol. The number of carbonyl (C=O) groups excluding carboxylic acids is 1. The van der Waals surface area contributed by atoms with Crippen molar-refractivity contribution in [1.29, 1.82) is 5.26 Å². The number of nitriles is 1. The van der Waals surface area contributed by atoms with E-state index in [2.05, 4.69) is 40.6 Å². The Morgan fingerprint density at radius 2 is 1.85 bits per heavy atom. The summed E-state index contributed by atoms with van der Waals surface area (Å²) < 4.78 is 33.5. The van der Waals surface area contributed by atoms with Crippen molar-refractivity contribution in [1.82, 2.24) is 19.2 Å². The maximum Gasteiger partial charge on any atom is 0.422 e. The van der Waals surface area contributed by atoms with Crippen LogP contribution in [0.15, 0.2) is 30.3 Å². The van der Waals surface area contributed by atoms with Gasteiger partial charge in [0, 0.05) is 44.2 Å². The van der Waals surface area contributed by atoms with E-state index in [1.165, 1.54) is 16.3 Å². The third-order valence-electron chi connectivity index (χ3n) is 6.93. The molecule has 0 aromatic heterocycles. The molecule has 0 unspecified atom stereocenters. The normalized spacial score (nSPS) is 25.7. The highest BCUT2D eigenvalue weighted by atomic mass is 32.2. The Labute approximate surface area is 202 Å². The number of rotatable bonds is 7. The van der Waals surface area contributed by atoms with Gasteiger partial charge in [0.1, 0.15) is 5.60 Å². The molecule has 1 aromatic carbocycles. The zero-order valence-electron chi connectivity index (χ0n) is 20.2. The fourth-order valence-corrected chi connectivity index (χ4v) is 6.29. The molecule has 3 aliphatic rings. The highest BCUT2D eigenvalue weighted by molar-refractivity contribution is 7.87. The molecular weight excluding hydrogens is 454 g/mol. The van der Waals surface area contributed by atoms with Gasteiger partial charge in [0.25, 0.3) is 0 Å². The molecule has 34 heavy (non-hydrogen) atoms. The van der Waals surface area contributed by atoms with E-state index in [1.807, 2.05) is 10.8 Å². The molecule has 1 aliphatic carbocycles. The number of ether oxygens (including phenoxy) is 1. The van der Waals surface area contributed by atoms with Gasteiger partial charge in [-0.25, -0.2) is 9.52 Å². The lowest BCUT2D eigenvalue weighted by atomic mass is 9.84. The summed E-state index contributed by atoms with van der Waals surface area (Å²) in [6.45, 7) is 7.02. The molecule has 0 radical (unpaired) electrons. The summed E-state index contributed by atoms with van der Waals surface area (Å²) in [6, 6.07) is 13.8. The van der Waals surface area contributed by atoms with E-state index in [4.69, 9.17) is 4.74 Å². The Bertz CT molecular complexity index is 1020. The standard InChI is InChI=1S/C24H35N5O4S/c1-23(2,3)33-22(30)27-34(31,32)29-16-24(17-29,11-12-25)28-13-9-19(10-14-28)26-21-15-20(21)18-7-5-4-6-8-18/h4-8,19-21,26H,9-11,13-17H2,1-3H3,(H,27,30)/t20-,21-/m1/s1. The second-order valence-electron chi connectivity index (χ2n) is 10.7. The lowest BCUT2D eigenvalue weighted by Gasteiger charge is -2.55. The van der Waals surface area contributed by atoms with E-state index >= 15 is 0 Å². The van der Waals surface area contributed by atoms with Crippen LogP contribution in [0.4, 0.5) is 4.79 Å². The number of carbonyl (C=O) groups is 1. The van der Waals surface area contributed by atoms with Gasteiger partial charge in [0.05, 0.1) is 18.0 Å². The molecule has 2 N–H and O–H groups in total. The predicted octanol–water partition coefficient (Wildman–Crippen LogP) is 2.33. The van der Waals surface area contributed by atoms with Crippen molar-refractivity contribution >= 4 is 16.3 Å². The molecule has 2 atom stereocenters. The first-order valence-electron chi connectivity index (χ1n) is 12.0. The van der Waals surface area contributed by atoms with Crippen molar-refractivity contribution in [3.8, 4) is 6.07 Å². The van der Waals surface area contributed by atoms with Crippen molar-refractivity contribution in [2.24, 2.45) is 0 Å². The molecule has 1 amide bonds. The van der Waals surface area contributed by atoms with E-state index in [-0.39, 0.29) is 19.5 Å². The van der Waals surface area contributed by atoms with Gasteiger partial charge < -0.3 is 10.1 Å². The van der Waals surface area contributed by atoms with Crippen LogP contribution in [0.25, 0.3) is 0 Å². The smallest absolute Gasteiger partial charge is 0.422 e. The third kappa shape index (κ3) is 5.71. The largest absolute Gasteiger partial charge is 0.443 e. The Morgan fingerprint density at radius 3 is 2.44 bits per heavy atom. The molecule has 3 fully saturated rings. The highest BCUT2D eigenvalue weighted by Crippen LogP contribution is 2.42. The minimum absolute atomic E-state index is 0.190. The first kappa shape index (κ1) is 24.9. The van der Waals surface area contributed by atoms with Crippen LogP contribution in [0.2, 0.25) is 0 Å². The summed E-state index contributed by atoms with van der Waals surface area (Å²) in [5.74, 6) is 0.590. The fraction of sp³-hybridized carbons (Fsp3) is 0.667. The summed E-state index contributed by atoms with van der Waals surface area (Å²) in [6.07, 6.45) is 2.36. The van der Waals surface area contributed by atoms with Gasteiger partial charge >= 0.3 is 16.3 Å². The molecule has 0 spiro atoms. The molecule has 2 aliphatic heterocycles. The maximum atomic E-state index is 12.6. The topological polar surface area (TPSA) is 115 Å². The average molecular weight is 490 g/mol. The van der Waals surface area contributed by atoms with E-state index in [1.54, 1.807) is 20.8 Å². The quantitative estimate of drug-likeness (QED) is 0.604. The number of hydrogen-bond donors (Lipinski definition) is 2. The fourth-order valence-electron chi connectivity index (χ4n) is 5.09. The van der Waals surface area contributed by atoms with Crippen LogP contribution >= 0.6 is 0 Å². The van der Waals surface area contributed by atoms with Crippen molar-refractivity contribution in [2.75, 3.05) is 26.2 Å². The Kier molecular flexibility index (Phi) is 6.93. The number of amides is 1. The number of hydrogen-bond acceptors (Lipinski definition) is 7. The van der Waals surface area contributed by atoms with Crippen LogP contribution in [-0.2, 0) is 14.9 Å². The zero-order valence-corrected chi connectivity index (χ0v) is 21.0. The average Bonchev–Trinajstić information content (AvgIpc) is 3.49. The summed E-state index contributed by atoms with van der Waals surface area (Å²) in [7, 11) is -4.01. The Morgan fingerprint density at radius 1 is 1.21 bits per heavy atom. The van der Waals surface area contributed by atoms with Gasteiger partial charge in [-0.3, -0.25) is 4.90 Å². The SMILES string of the molecule is CC(C)(C)OC(=O)NS(=O)(=O)N1CC(CC#N)(N2CCC(N[C@@H]3C[C@@H]3c3ccccc3)CC2)C1. The minimum Gasteiger partial charge on any atom is -0.443 e. The van der Waals surface area contributed by atoms with Crippen LogP contribution in [0.3, 0.4) is 0 Å². The van der Waals surface area contributed by atoms with E-state index in [0.29, 0.717) is 18.0 Å². The molecule has 2 heterocycles. The number of benzene rings is 1. The Balaban J connectivity index is 1.27. The summed E-state index contributed by atoms with van der Waals surface area (Å²) >= 11 is 0. The third-order valence-corrected chi connectivity index (χ3v) is 8.30. The minimum atomic E-state index is -4.01. The molecule has 4 rings (SSSR count). The maximum absolute atomic E-state index is 12.6. The lowest BCUT2D eigenvalue weighted by molar-refractivity contribution is -0.0263. The number of likely N-dealkylation sites (tertiary alicyclic amines) is 1. The van der Waals surface area contributed by atoms with Gasteiger partial charge in [-0.15, -0.1) is 0 Å². The van der Waals surface area contributed by atoms with Crippen LogP contribution < -0.4 is 10.0 Å². The van der Waals surface area contributed by atoms with Crippen LogP contribution in [-0.4, -0.2) is 73.1 Å². The second kappa shape index (κ2) is 9.46. The number of nitrogens with one attached hydrogen (secondary N) is 2. The Hall–Kier alpha value is -2.19. The molecule has 0 bridgehead atoms. The zero-order chi connectivity index (χ0) is 24.6. The molecule has 186 valence electrons. The molecular formula is C24H35N5O4S. The van der Waals surface area contributed by atoms with Crippen molar-refractivity contribution in [3.05, 3.63) is 35.9 Å². The summed E-state index contributed by atoms with van der Waals surface area (Å²) in [5.41, 5.74) is 0.0920.